The van der Waals surface area contributed by atoms with Gasteiger partial charge in [-0.2, -0.15) is 0 Å². The molecule has 0 rings (SSSR count). The van der Waals surface area contributed by atoms with Gasteiger partial charge in [-0.25, -0.2) is 0 Å². The minimum atomic E-state index is 0.242. The van der Waals surface area contributed by atoms with E-state index in [2.05, 4.69) is 51.6 Å². The van der Waals surface area contributed by atoms with Gasteiger partial charge in [-0.15, -0.1) is 0 Å². The first-order valence-electron chi connectivity index (χ1n) is 5.99. The van der Waals surface area contributed by atoms with Crippen LogP contribution in [0.3, 0.4) is 0 Å². The summed E-state index contributed by atoms with van der Waals surface area (Å²) < 4.78 is 0. The summed E-state index contributed by atoms with van der Waals surface area (Å²) in [6.45, 7) is 12.2. The van der Waals surface area contributed by atoms with Crippen molar-refractivity contribution < 1.29 is 0 Å². The Morgan fingerprint density at radius 2 is 1.53 bits per heavy atom. The fourth-order valence-electron chi connectivity index (χ4n) is 1.59. The molecule has 0 aliphatic carbocycles. The third-order valence-electron chi connectivity index (χ3n) is 2.77. The normalized spacial score (nSPS) is 16.4. The van der Waals surface area contributed by atoms with E-state index in [-0.39, 0.29) is 6.04 Å². The number of nitrogens with two attached hydrogens (primary N) is 1. The van der Waals surface area contributed by atoms with Crippen molar-refractivity contribution in [2.75, 3.05) is 33.7 Å². The fourth-order valence-corrected chi connectivity index (χ4v) is 1.59. The maximum atomic E-state index is 5.96. The van der Waals surface area contributed by atoms with Crippen LogP contribution in [-0.2, 0) is 0 Å². The molecule has 0 amide bonds. The highest BCUT2D eigenvalue weighted by Gasteiger charge is 2.18. The minimum Gasteiger partial charge on any atom is -0.327 e. The Bertz CT molecular complexity index is 155. The lowest BCUT2D eigenvalue weighted by Crippen LogP contribution is -2.48. The van der Waals surface area contributed by atoms with E-state index in [9.17, 15) is 0 Å². The van der Waals surface area contributed by atoms with Crippen molar-refractivity contribution in [3.63, 3.8) is 0 Å². The van der Waals surface area contributed by atoms with Gasteiger partial charge in [-0.3, -0.25) is 4.90 Å². The van der Waals surface area contributed by atoms with Crippen LogP contribution < -0.4 is 5.73 Å². The van der Waals surface area contributed by atoms with Crippen LogP contribution in [0.2, 0.25) is 0 Å². The van der Waals surface area contributed by atoms with Gasteiger partial charge in [0.25, 0.3) is 0 Å². The first kappa shape index (κ1) is 14.9. The quantitative estimate of drug-likeness (QED) is 0.693. The zero-order valence-electron chi connectivity index (χ0n) is 11.3. The van der Waals surface area contributed by atoms with Crippen molar-refractivity contribution >= 4 is 0 Å². The molecular formula is C12H29N3. The molecule has 0 bridgehead atoms. The van der Waals surface area contributed by atoms with Gasteiger partial charge in [0.05, 0.1) is 0 Å². The summed E-state index contributed by atoms with van der Waals surface area (Å²) >= 11 is 0. The predicted octanol–water partition coefficient (Wildman–Crippen LogP) is 1.24. The molecule has 0 fully saturated rings. The van der Waals surface area contributed by atoms with Crippen LogP contribution in [0.5, 0.6) is 0 Å². The summed E-state index contributed by atoms with van der Waals surface area (Å²) in [5, 5.41) is 0. The van der Waals surface area contributed by atoms with Crippen LogP contribution in [0.15, 0.2) is 0 Å². The predicted molar refractivity (Wildman–Crippen MR) is 68.1 cm³/mol. The maximum absolute atomic E-state index is 5.96. The number of hydrogen-bond donors (Lipinski definition) is 1. The van der Waals surface area contributed by atoms with Crippen LogP contribution in [0, 0.1) is 5.92 Å². The molecule has 0 aliphatic heterocycles. The summed E-state index contributed by atoms with van der Waals surface area (Å²) in [7, 11) is 4.23. The average molecular weight is 215 g/mol. The molecule has 0 aromatic carbocycles. The van der Waals surface area contributed by atoms with Crippen LogP contribution in [0.4, 0.5) is 0 Å². The van der Waals surface area contributed by atoms with E-state index in [0.717, 1.165) is 19.6 Å². The van der Waals surface area contributed by atoms with Crippen LogP contribution in [0.1, 0.15) is 27.7 Å². The number of rotatable bonds is 7. The Kier molecular flexibility index (Phi) is 7.14. The molecule has 92 valence electrons. The topological polar surface area (TPSA) is 32.5 Å². The number of likely N-dealkylation sites (N-methyl/N-ethyl adjacent to an activating group) is 1. The lowest BCUT2D eigenvalue weighted by molar-refractivity contribution is 0.155. The summed E-state index contributed by atoms with van der Waals surface area (Å²) in [6, 6.07) is 0.707. The van der Waals surface area contributed by atoms with Gasteiger partial charge in [0, 0.05) is 31.7 Å². The van der Waals surface area contributed by atoms with Gasteiger partial charge in [0.1, 0.15) is 0 Å². The Morgan fingerprint density at radius 1 is 1.00 bits per heavy atom. The van der Waals surface area contributed by atoms with Gasteiger partial charge >= 0.3 is 0 Å². The molecule has 15 heavy (non-hydrogen) atoms. The van der Waals surface area contributed by atoms with E-state index in [0.29, 0.717) is 12.0 Å². The van der Waals surface area contributed by atoms with Gasteiger partial charge in [-0.05, 0) is 33.9 Å². The highest BCUT2D eigenvalue weighted by atomic mass is 15.2. The first-order valence-corrected chi connectivity index (χ1v) is 5.99. The van der Waals surface area contributed by atoms with Crippen molar-refractivity contribution in [3.05, 3.63) is 0 Å². The third-order valence-corrected chi connectivity index (χ3v) is 2.77. The third kappa shape index (κ3) is 6.88. The molecule has 2 atom stereocenters. The molecule has 0 spiro atoms. The molecule has 0 aromatic heterocycles. The first-order chi connectivity index (χ1) is 6.84. The monoisotopic (exact) mass is 215 g/mol. The van der Waals surface area contributed by atoms with Gasteiger partial charge in [0.15, 0.2) is 0 Å². The van der Waals surface area contributed by atoms with E-state index in [1.54, 1.807) is 0 Å². The van der Waals surface area contributed by atoms with E-state index in [4.69, 9.17) is 5.73 Å². The summed E-state index contributed by atoms with van der Waals surface area (Å²) in [4.78, 5) is 4.72. The second-order valence-electron chi connectivity index (χ2n) is 5.29. The molecule has 0 radical (unpaired) electrons. The highest BCUT2D eigenvalue weighted by Crippen LogP contribution is 2.06. The summed E-state index contributed by atoms with van der Waals surface area (Å²) in [5.74, 6) is 0.702. The van der Waals surface area contributed by atoms with Crippen LogP contribution >= 0.6 is 0 Å². The SMILES string of the molecule is CC(C)CN(CCN(C)C)C(C)C(C)N. The van der Waals surface area contributed by atoms with Gasteiger partial charge < -0.3 is 10.6 Å². The van der Waals surface area contributed by atoms with Crippen molar-refractivity contribution in [2.45, 2.75) is 39.8 Å². The maximum Gasteiger partial charge on any atom is 0.0216 e. The molecule has 3 heteroatoms. The highest BCUT2D eigenvalue weighted by molar-refractivity contribution is 4.76. The van der Waals surface area contributed by atoms with E-state index in [1.165, 1.54) is 0 Å². The van der Waals surface area contributed by atoms with Crippen molar-refractivity contribution in [1.82, 2.24) is 9.80 Å². The summed E-state index contributed by atoms with van der Waals surface area (Å²) in [6.07, 6.45) is 0. The Hall–Kier alpha value is -0.120. The molecule has 2 unspecified atom stereocenters. The number of hydrogen-bond acceptors (Lipinski definition) is 3. The van der Waals surface area contributed by atoms with Crippen molar-refractivity contribution in [3.8, 4) is 0 Å². The molecule has 0 saturated carbocycles. The van der Waals surface area contributed by atoms with E-state index < -0.39 is 0 Å². The smallest absolute Gasteiger partial charge is 0.0216 e. The second kappa shape index (κ2) is 7.20. The lowest BCUT2D eigenvalue weighted by atomic mass is 10.1. The zero-order chi connectivity index (χ0) is 12.0. The Balaban J connectivity index is 4.17. The van der Waals surface area contributed by atoms with E-state index in [1.807, 2.05) is 0 Å². The standard InChI is InChI=1S/C12H29N3/c1-10(2)9-15(8-7-14(5)6)12(4)11(3)13/h10-12H,7-9,13H2,1-6H3. The van der Waals surface area contributed by atoms with Crippen molar-refractivity contribution in [2.24, 2.45) is 11.7 Å². The second-order valence-corrected chi connectivity index (χ2v) is 5.29. The Morgan fingerprint density at radius 3 is 1.87 bits per heavy atom. The Labute approximate surface area is 95.6 Å². The average Bonchev–Trinajstić information content (AvgIpc) is 2.10. The minimum absolute atomic E-state index is 0.242. The molecule has 0 saturated heterocycles. The molecule has 0 aromatic rings. The van der Waals surface area contributed by atoms with Crippen molar-refractivity contribution in [1.29, 1.82) is 0 Å². The fraction of sp³-hybridized carbons (Fsp3) is 1.00. The van der Waals surface area contributed by atoms with Crippen LogP contribution in [0.25, 0.3) is 0 Å². The molecule has 3 nitrogen and oxygen atoms in total. The van der Waals surface area contributed by atoms with Gasteiger partial charge in [-0.1, -0.05) is 13.8 Å². The summed E-state index contributed by atoms with van der Waals surface area (Å²) in [5.41, 5.74) is 5.96. The molecular weight excluding hydrogens is 186 g/mol. The zero-order valence-corrected chi connectivity index (χ0v) is 11.3. The molecule has 0 aliphatic rings. The largest absolute Gasteiger partial charge is 0.327 e. The van der Waals surface area contributed by atoms with Crippen LogP contribution in [-0.4, -0.2) is 55.6 Å². The molecule has 0 heterocycles. The lowest BCUT2D eigenvalue weighted by Gasteiger charge is -2.33. The molecule has 2 N–H and O–H groups in total. The van der Waals surface area contributed by atoms with Gasteiger partial charge in [0.2, 0.25) is 0 Å². The number of nitrogens with zero attached hydrogens (tertiary/aromatic N) is 2. The van der Waals surface area contributed by atoms with E-state index >= 15 is 0 Å².